The van der Waals surface area contributed by atoms with Gasteiger partial charge >= 0.3 is 0 Å². The van der Waals surface area contributed by atoms with E-state index in [0.29, 0.717) is 38.5 Å². The topological polar surface area (TPSA) is 80.1 Å². The third-order valence-electron chi connectivity index (χ3n) is 5.33. The van der Waals surface area contributed by atoms with E-state index in [1.807, 2.05) is 4.90 Å². The van der Waals surface area contributed by atoms with Gasteiger partial charge in [-0.25, -0.2) is 12.8 Å². The first-order valence-corrected chi connectivity index (χ1v) is 12.1. The summed E-state index contributed by atoms with van der Waals surface area (Å²) in [6, 6.07) is 13.6. The molecule has 3 aromatic rings. The number of sulfonamides is 1. The molecular weight excluding hydrogens is 471 g/mol. The Labute approximate surface area is 196 Å². The summed E-state index contributed by atoms with van der Waals surface area (Å²) in [5, 5.41) is 0.198. The molecule has 1 saturated heterocycles. The zero-order chi connectivity index (χ0) is 23.4. The van der Waals surface area contributed by atoms with Crippen molar-refractivity contribution < 1.29 is 22.0 Å². The average Bonchev–Trinajstić information content (AvgIpc) is 2.80. The van der Waals surface area contributed by atoms with E-state index in [2.05, 4.69) is 0 Å². The van der Waals surface area contributed by atoms with Gasteiger partial charge < -0.3 is 9.15 Å². The predicted molar refractivity (Wildman–Crippen MR) is 121 cm³/mol. The lowest BCUT2D eigenvalue weighted by Gasteiger charge is -2.33. The Morgan fingerprint density at radius 3 is 2.39 bits per heavy atom. The van der Waals surface area contributed by atoms with E-state index >= 15 is 0 Å². The van der Waals surface area contributed by atoms with Crippen LogP contribution in [0.4, 0.5) is 4.39 Å². The Balaban J connectivity index is 1.33. The number of rotatable bonds is 7. The van der Waals surface area contributed by atoms with E-state index in [4.69, 9.17) is 20.8 Å². The maximum atomic E-state index is 13.0. The van der Waals surface area contributed by atoms with Crippen LogP contribution in [0.15, 0.2) is 75.0 Å². The van der Waals surface area contributed by atoms with E-state index < -0.39 is 10.0 Å². The van der Waals surface area contributed by atoms with E-state index in [0.717, 1.165) is 5.56 Å². The Hall–Kier alpha value is -2.72. The monoisotopic (exact) mass is 492 g/mol. The van der Waals surface area contributed by atoms with Crippen molar-refractivity contribution in [2.24, 2.45) is 0 Å². The zero-order valence-corrected chi connectivity index (χ0v) is 19.2. The van der Waals surface area contributed by atoms with Crippen LogP contribution in [0.5, 0.6) is 5.75 Å². The van der Waals surface area contributed by atoms with Crippen molar-refractivity contribution in [3.05, 3.63) is 93.2 Å². The van der Waals surface area contributed by atoms with Gasteiger partial charge in [-0.05, 0) is 29.8 Å². The maximum Gasteiger partial charge on any atom is 0.244 e. The molecule has 0 radical (unpaired) electrons. The van der Waals surface area contributed by atoms with Crippen molar-refractivity contribution in [3.63, 3.8) is 0 Å². The Kier molecular flexibility index (Phi) is 7.14. The van der Waals surface area contributed by atoms with Crippen molar-refractivity contribution in [2.45, 2.75) is 18.0 Å². The maximum absolute atomic E-state index is 13.0. The molecule has 0 aliphatic carbocycles. The lowest BCUT2D eigenvalue weighted by atomic mass is 10.2. The molecule has 0 atom stereocenters. The highest BCUT2D eigenvalue weighted by atomic mass is 35.5. The first kappa shape index (κ1) is 23.4. The molecule has 0 bridgehead atoms. The van der Waals surface area contributed by atoms with Crippen LogP contribution >= 0.6 is 11.6 Å². The van der Waals surface area contributed by atoms with Crippen molar-refractivity contribution in [2.75, 3.05) is 26.2 Å². The Morgan fingerprint density at radius 2 is 1.73 bits per heavy atom. The Bertz CT molecular complexity index is 1270. The third kappa shape index (κ3) is 5.62. The van der Waals surface area contributed by atoms with Crippen LogP contribution < -0.4 is 10.2 Å². The van der Waals surface area contributed by atoms with Gasteiger partial charge in [-0.15, -0.1) is 0 Å². The summed E-state index contributed by atoms with van der Waals surface area (Å²) in [4.78, 5) is 14.5. The predicted octanol–water partition coefficient (Wildman–Crippen LogP) is 3.52. The van der Waals surface area contributed by atoms with Crippen LogP contribution in [0.3, 0.4) is 0 Å². The molecule has 174 valence electrons. The summed E-state index contributed by atoms with van der Waals surface area (Å²) >= 11 is 6.07. The molecule has 2 aromatic carbocycles. The van der Waals surface area contributed by atoms with Crippen LogP contribution in [0.2, 0.25) is 5.02 Å². The zero-order valence-electron chi connectivity index (χ0n) is 17.6. The molecule has 10 heteroatoms. The van der Waals surface area contributed by atoms with Gasteiger partial charge in [-0.2, -0.15) is 4.31 Å². The molecule has 2 heterocycles. The molecule has 4 rings (SSSR count). The van der Waals surface area contributed by atoms with E-state index in [1.165, 1.54) is 34.8 Å². The first-order valence-electron chi connectivity index (χ1n) is 10.3. The molecule has 1 aliphatic heterocycles. The first-order chi connectivity index (χ1) is 15.8. The minimum absolute atomic E-state index is 0.0683. The summed E-state index contributed by atoms with van der Waals surface area (Å²) in [6.07, 6.45) is 1.26. The lowest BCUT2D eigenvalue weighted by Crippen LogP contribution is -2.48. The second-order valence-electron chi connectivity index (χ2n) is 7.60. The number of piperazine rings is 1. The molecule has 0 N–H and O–H groups in total. The van der Waals surface area contributed by atoms with Gasteiger partial charge in [0.2, 0.25) is 21.2 Å². The van der Waals surface area contributed by atoms with Crippen molar-refractivity contribution in [1.82, 2.24) is 9.21 Å². The standard InChI is InChI=1S/C23H22ClFN2O5S/c24-20-3-1-2-4-23(20)33(29,30)27-11-9-26(10-12-27)14-19-13-21(28)22(16-31-19)32-15-17-5-7-18(25)8-6-17/h1-8,13,16H,9-12,14-15H2. The molecule has 0 spiro atoms. The van der Waals surface area contributed by atoms with Gasteiger partial charge in [0.1, 0.15) is 29.3 Å². The Morgan fingerprint density at radius 1 is 1.03 bits per heavy atom. The second-order valence-corrected chi connectivity index (χ2v) is 9.91. The van der Waals surface area contributed by atoms with Gasteiger partial charge in [0.05, 0.1) is 11.6 Å². The smallest absolute Gasteiger partial charge is 0.244 e. The molecule has 0 saturated carbocycles. The normalized spacial score (nSPS) is 15.5. The van der Waals surface area contributed by atoms with Crippen LogP contribution in [-0.4, -0.2) is 43.8 Å². The number of hydrogen-bond acceptors (Lipinski definition) is 6. The largest absolute Gasteiger partial charge is 0.482 e. The number of hydrogen-bond donors (Lipinski definition) is 0. The highest BCUT2D eigenvalue weighted by molar-refractivity contribution is 7.89. The van der Waals surface area contributed by atoms with Crippen LogP contribution in [0.25, 0.3) is 0 Å². The molecule has 0 amide bonds. The van der Waals surface area contributed by atoms with Crippen LogP contribution in [0.1, 0.15) is 11.3 Å². The molecule has 0 unspecified atom stereocenters. The minimum Gasteiger partial charge on any atom is -0.482 e. The van der Waals surface area contributed by atoms with E-state index in [-0.39, 0.29) is 33.5 Å². The SMILES string of the molecule is O=c1cc(CN2CCN(S(=O)(=O)c3ccccc3Cl)CC2)occ1OCc1ccc(F)cc1. The van der Waals surface area contributed by atoms with Crippen molar-refractivity contribution >= 4 is 21.6 Å². The molecule has 7 nitrogen and oxygen atoms in total. The minimum atomic E-state index is -3.67. The summed E-state index contributed by atoms with van der Waals surface area (Å²) < 4.78 is 51.2. The number of halogens is 2. The van der Waals surface area contributed by atoms with Gasteiger partial charge in [0.25, 0.3) is 0 Å². The number of nitrogens with zero attached hydrogens (tertiary/aromatic N) is 2. The summed E-state index contributed by atoms with van der Waals surface area (Å²) in [5.41, 5.74) is 0.405. The van der Waals surface area contributed by atoms with Crippen LogP contribution in [0, 0.1) is 5.82 Å². The highest BCUT2D eigenvalue weighted by Gasteiger charge is 2.30. The average molecular weight is 493 g/mol. The summed E-state index contributed by atoms with van der Waals surface area (Å²) in [6.45, 7) is 2.06. The van der Waals surface area contributed by atoms with Gasteiger partial charge in [-0.3, -0.25) is 9.69 Å². The van der Waals surface area contributed by atoms with Crippen LogP contribution in [-0.2, 0) is 23.2 Å². The summed E-state index contributed by atoms with van der Waals surface area (Å²) in [7, 11) is -3.67. The quantitative estimate of drug-likeness (QED) is 0.502. The number of benzene rings is 2. The molecular formula is C23H22ClFN2O5S. The number of ether oxygens (including phenoxy) is 1. The third-order valence-corrected chi connectivity index (χ3v) is 7.72. The van der Waals surface area contributed by atoms with Crippen molar-refractivity contribution in [1.29, 1.82) is 0 Å². The molecule has 33 heavy (non-hydrogen) atoms. The highest BCUT2D eigenvalue weighted by Crippen LogP contribution is 2.25. The lowest BCUT2D eigenvalue weighted by molar-refractivity contribution is 0.169. The van der Waals surface area contributed by atoms with E-state index in [9.17, 15) is 17.6 Å². The second kappa shape index (κ2) is 10.0. The van der Waals surface area contributed by atoms with Gasteiger partial charge in [0.15, 0.2) is 0 Å². The van der Waals surface area contributed by atoms with E-state index in [1.54, 1.807) is 30.3 Å². The molecule has 1 aliphatic rings. The fourth-order valence-corrected chi connectivity index (χ4v) is 5.43. The molecule has 1 aromatic heterocycles. The summed E-state index contributed by atoms with van der Waals surface area (Å²) in [5.74, 6) is 0.181. The fourth-order valence-electron chi connectivity index (χ4n) is 3.51. The van der Waals surface area contributed by atoms with Crippen molar-refractivity contribution in [3.8, 4) is 5.75 Å². The fraction of sp³-hybridized carbons (Fsp3) is 0.261. The van der Waals surface area contributed by atoms with Gasteiger partial charge in [-0.1, -0.05) is 35.9 Å². The van der Waals surface area contributed by atoms with Gasteiger partial charge in [0, 0.05) is 32.2 Å². The molecule has 1 fully saturated rings.